The van der Waals surface area contributed by atoms with E-state index < -0.39 is 23.3 Å². The molecule has 0 spiro atoms. The first-order valence-corrected chi connectivity index (χ1v) is 10.8. The van der Waals surface area contributed by atoms with Gasteiger partial charge in [-0.15, -0.1) is 0 Å². The number of amides is 1. The first-order valence-electron chi connectivity index (χ1n) is 10.4. The molecule has 0 bridgehead atoms. The molecular weight excluding hydrogens is 497 g/mol. The third kappa shape index (κ3) is 4.01. The van der Waals surface area contributed by atoms with E-state index in [4.69, 9.17) is 17.3 Å². The quantitative estimate of drug-likeness (QED) is 0.357. The number of rotatable bonds is 4. The van der Waals surface area contributed by atoms with Crippen molar-refractivity contribution in [2.45, 2.75) is 13.1 Å². The number of pyridine rings is 2. The highest BCUT2D eigenvalue weighted by molar-refractivity contribution is 6.32. The molecule has 1 amide bonds. The minimum Gasteiger partial charge on any atom is -0.383 e. The third-order valence-corrected chi connectivity index (χ3v) is 5.71. The number of aryl methyl sites for hydroxylation is 1. The average Bonchev–Trinajstić information content (AvgIpc) is 3.52. The van der Waals surface area contributed by atoms with Gasteiger partial charge < -0.3 is 11.1 Å². The molecule has 182 valence electrons. The Morgan fingerprint density at radius 3 is 2.56 bits per heavy atom. The maximum atomic E-state index is 14.2. The topological polar surface area (TPSA) is 117 Å². The van der Waals surface area contributed by atoms with Gasteiger partial charge in [0.25, 0.3) is 5.91 Å². The van der Waals surface area contributed by atoms with Crippen molar-refractivity contribution in [3.8, 4) is 11.5 Å². The Labute approximate surface area is 206 Å². The maximum Gasteiger partial charge on any atom is 0.434 e. The number of nitrogens with zero attached hydrogens (tertiary/aromatic N) is 6. The second-order valence-corrected chi connectivity index (χ2v) is 8.13. The van der Waals surface area contributed by atoms with Crippen LogP contribution < -0.4 is 11.1 Å². The van der Waals surface area contributed by atoms with Gasteiger partial charge in [0, 0.05) is 23.2 Å². The van der Waals surface area contributed by atoms with E-state index in [0.29, 0.717) is 27.0 Å². The molecule has 1 aromatic carbocycles. The number of halogens is 4. The van der Waals surface area contributed by atoms with Crippen molar-refractivity contribution < 1.29 is 18.0 Å². The molecule has 4 aromatic heterocycles. The Hall–Kier alpha value is -4.45. The molecule has 0 radical (unpaired) electrons. The molecule has 0 saturated carbocycles. The number of carbonyl (C=O) groups excluding carboxylic acids is 1. The Morgan fingerprint density at radius 1 is 1.11 bits per heavy atom. The summed E-state index contributed by atoms with van der Waals surface area (Å²) in [4.78, 5) is 21.3. The monoisotopic (exact) mass is 512 g/mol. The third-order valence-electron chi connectivity index (χ3n) is 5.43. The zero-order valence-corrected chi connectivity index (χ0v) is 19.2. The van der Waals surface area contributed by atoms with E-state index >= 15 is 0 Å². The molecule has 0 aliphatic carbocycles. The molecule has 0 saturated heterocycles. The fourth-order valence-corrected chi connectivity index (χ4v) is 4.02. The van der Waals surface area contributed by atoms with E-state index in [1.54, 1.807) is 49.6 Å². The Kier molecular flexibility index (Phi) is 5.59. The van der Waals surface area contributed by atoms with Crippen LogP contribution in [-0.4, -0.2) is 35.4 Å². The lowest BCUT2D eigenvalue weighted by molar-refractivity contribution is -0.143. The van der Waals surface area contributed by atoms with Crippen LogP contribution in [0.3, 0.4) is 0 Å². The lowest BCUT2D eigenvalue weighted by Crippen LogP contribution is -2.21. The summed E-state index contributed by atoms with van der Waals surface area (Å²) in [6.07, 6.45) is 0.292. The van der Waals surface area contributed by atoms with Gasteiger partial charge in [-0.25, -0.2) is 19.3 Å². The molecule has 0 atom stereocenters. The largest absolute Gasteiger partial charge is 0.434 e. The number of benzene rings is 1. The zero-order valence-electron chi connectivity index (χ0n) is 18.5. The van der Waals surface area contributed by atoms with Crippen molar-refractivity contribution in [3.05, 3.63) is 83.2 Å². The second-order valence-electron chi connectivity index (χ2n) is 7.72. The van der Waals surface area contributed by atoms with Gasteiger partial charge in [0.05, 0.1) is 40.0 Å². The van der Waals surface area contributed by atoms with Gasteiger partial charge in [-0.05, 0) is 19.1 Å². The van der Waals surface area contributed by atoms with Gasteiger partial charge in [-0.3, -0.25) is 4.79 Å². The van der Waals surface area contributed by atoms with E-state index in [0.717, 1.165) is 6.20 Å². The van der Waals surface area contributed by atoms with Gasteiger partial charge in [-0.2, -0.15) is 23.4 Å². The van der Waals surface area contributed by atoms with E-state index in [-0.39, 0.29) is 22.2 Å². The predicted octanol–water partition coefficient (Wildman–Crippen LogP) is 4.82. The van der Waals surface area contributed by atoms with Gasteiger partial charge in [0.2, 0.25) is 0 Å². The van der Waals surface area contributed by atoms with E-state index in [2.05, 4.69) is 25.5 Å². The smallest absolute Gasteiger partial charge is 0.383 e. The molecule has 0 fully saturated rings. The van der Waals surface area contributed by atoms with Crippen LogP contribution >= 0.6 is 11.6 Å². The molecular formula is C23H16ClF3N8O. The highest BCUT2D eigenvalue weighted by Crippen LogP contribution is 2.36. The SMILES string of the molecule is Cc1nc(-n2cccn2)c(Cl)cc1NC(=O)c1cnn(-c2cnc(N)c3ccccc23)c1C(F)(F)F. The average molecular weight is 513 g/mol. The number of alkyl halides is 3. The summed E-state index contributed by atoms with van der Waals surface area (Å²) in [5.41, 5.74) is 4.43. The van der Waals surface area contributed by atoms with Crippen molar-refractivity contribution in [2.75, 3.05) is 11.1 Å². The molecule has 9 nitrogen and oxygen atoms in total. The molecule has 5 aromatic rings. The van der Waals surface area contributed by atoms with Crippen LogP contribution in [0, 0.1) is 6.92 Å². The van der Waals surface area contributed by atoms with E-state index in [9.17, 15) is 18.0 Å². The molecule has 0 aliphatic heterocycles. The highest BCUT2D eigenvalue weighted by atomic mass is 35.5. The maximum absolute atomic E-state index is 14.2. The van der Waals surface area contributed by atoms with Crippen molar-refractivity contribution in [2.24, 2.45) is 0 Å². The molecule has 0 unspecified atom stereocenters. The number of carbonyl (C=O) groups is 1. The summed E-state index contributed by atoms with van der Waals surface area (Å²) in [6.45, 7) is 1.58. The summed E-state index contributed by atoms with van der Waals surface area (Å²) < 4.78 is 44.8. The standard InChI is InChI=1S/C23H16ClF3N8O/c1-12-17(9-16(24)21(32-12)34-8-4-7-30-34)33-22(36)15-10-31-35(19(15)23(25,26)27)18-11-29-20(28)14-6-3-2-5-13(14)18/h2-11H,1H3,(H2,28,29)(H,33,36). The number of nitrogen functional groups attached to an aromatic ring is 1. The lowest BCUT2D eigenvalue weighted by Gasteiger charge is -2.15. The number of aromatic nitrogens is 6. The first-order chi connectivity index (χ1) is 17.1. The Bertz CT molecular complexity index is 1610. The minimum atomic E-state index is -4.92. The number of fused-ring (bicyclic) bond motifs is 1. The zero-order chi connectivity index (χ0) is 25.6. The summed E-state index contributed by atoms with van der Waals surface area (Å²) in [7, 11) is 0. The van der Waals surface area contributed by atoms with Crippen molar-refractivity contribution >= 4 is 39.8 Å². The van der Waals surface area contributed by atoms with Crippen LogP contribution in [0.4, 0.5) is 24.7 Å². The van der Waals surface area contributed by atoms with Crippen LogP contribution in [-0.2, 0) is 6.18 Å². The molecule has 5 rings (SSSR count). The second kappa shape index (κ2) is 8.64. The van der Waals surface area contributed by atoms with Crippen LogP contribution in [0.2, 0.25) is 5.02 Å². The van der Waals surface area contributed by atoms with Crippen LogP contribution in [0.5, 0.6) is 0 Å². The van der Waals surface area contributed by atoms with E-state index in [1.807, 2.05) is 0 Å². The van der Waals surface area contributed by atoms with E-state index in [1.165, 1.54) is 16.9 Å². The van der Waals surface area contributed by atoms with Crippen LogP contribution in [0.15, 0.2) is 61.2 Å². The Morgan fingerprint density at radius 2 is 1.86 bits per heavy atom. The summed E-state index contributed by atoms with van der Waals surface area (Å²) in [5.74, 6) is -0.566. The number of anilines is 2. The predicted molar refractivity (Wildman–Crippen MR) is 127 cm³/mol. The van der Waals surface area contributed by atoms with Gasteiger partial charge in [-0.1, -0.05) is 35.9 Å². The summed E-state index contributed by atoms with van der Waals surface area (Å²) in [6, 6.07) is 9.66. The number of hydrogen-bond acceptors (Lipinski definition) is 6. The number of nitrogens with one attached hydrogen (secondary N) is 1. The normalized spacial score (nSPS) is 11.7. The minimum absolute atomic E-state index is 0.0237. The number of hydrogen-bond donors (Lipinski definition) is 2. The Balaban J connectivity index is 1.57. The molecule has 0 aliphatic rings. The highest BCUT2D eigenvalue weighted by Gasteiger charge is 2.41. The van der Waals surface area contributed by atoms with Crippen molar-refractivity contribution in [3.63, 3.8) is 0 Å². The van der Waals surface area contributed by atoms with Crippen molar-refractivity contribution in [1.82, 2.24) is 29.5 Å². The van der Waals surface area contributed by atoms with Crippen molar-refractivity contribution in [1.29, 1.82) is 0 Å². The van der Waals surface area contributed by atoms with Gasteiger partial charge in [0.1, 0.15) is 5.82 Å². The molecule has 36 heavy (non-hydrogen) atoms. The molecule has 13 heteroatoms. The fourth-order valence-electron chi connectivity index (χ4n) is 3.78. The summed E-state index contributed by atoms with van der Waals surface area (Å²) >= 11 is 6.29. The fraction of sp³-hybridized carbons (Fsp3) is 0.0870. The summed E-state index contributed by atoms with van der Waals surface area (Å²) in [5, 5.41) is 11.4. The molecule has 4 heterocycles. The molecule has 3 N–H and O–H groups in total. The lowest BCUT2D eigenvalue weighted by atomic mass is 10.1. The van der Waals surface area contributed by atoms with Gasteiger partial charge >= 0.3 is 6.18 Å². The first kappa shape index (κ1) is 23.3. The van der Waals surface area contributed by atoms with Crippen LogP contribution in [0.25, 0.3) is 22.3 Å². The van der Waals surface area contributed by atoms with Crippen LogP contribution in [0.1, 0.15) is 21.7 Å². The number of nitrogens with two attached hydrogens (primary N) is 1. The van der Waals surface area contributed by atoms with Gasteiger partial charge in [0.15, 0.2) is 11.5 Å².